The largest absolute Gasteiger partial charge is 0.399 e. The number of nitrogens with zero attached hydrogens (tertiary/aromatic N) is 16. The van der Waals surface area contributed by atoms with Crippen molar-refractivity contribution in [2.45, 2.75) is 199 Å². The predicted molar refractivity (Wildman–Crippen MR) is 492 cm³/mol. The SMILES string of the molecule is CCc1cc(Br)ccc1N.CCc1cc(Br)ccc1[N+](=O)[O-].CCc1cc(C2(C#N)CC2)ccc1N.CCc1cc(C2(C#N)CC2)ccc1N(C)c1cc2c(cn1)ncn2C.CCc1cc(C2(C#N)CC2)ccc1Nc1cc2c(cn1)ncn2C.CCc1cc(C2(C#N)CC2)ccc1[N+](=O)[O-].CCc1cc(CC#N)ccc1[N+](=O)[O-].C[Si](C)(C)CC#N. The zero-order chi connectivity index (χ0) is 89.4. The number of fused-ring (bicyclic) bond motifs is 2. The lowest BCUT2D eigenvalue weighted by atomic mass is 9.94. The highest BCUT2D eigenvalue weighted by molar-refractivity contribution is 9.10. The van der Waals surface area contributed by atoms with Gasteiger partial charge in [0.2, 0.25) is 0 Å². The summed E-state index contributed by atoms with van der Waals surface area (Å²) >= 11 is 6.65. The van der Waals surface area contributed by atoms with E-state index in [9.17, 15) is 40.9 Å². The molecule has 4 aliphatic rings. The van der Waals surface area contributed by atoms with Crippen LogP contribution in [0.4, 0.5) is 51.4 Å². The van der Waals surface area contributed by atoms with E-state index in [-0.39, 0.29) is 48.6 Å². The Morgan fingerprint density at radius 3 is 1.25 bits per heavy atom. The summed E-state index contributed by atoms with van der Waals surface area (Å²) in [5, 5.41) is 88.9. The Morgan fingerprint density at radius 1 is 0.459 bits per heavy atom. The molecule has 0 spiro atoms. The highest BCUT2D eigenvalue weighted by Gasteiger charge is 2.48. The Bertz CT molecular complexity index is 5880. The van der Waals surface area contributed by atoms with E-state index in [1.54, 1.807) is 49.2 Å². The van der Waals surface area contributed by atoms with E-state index in [4.69, 9.17) is 32.5 Å². The lowest BCUT2D eigenvalue weighted by Gasteiger charge is -2.23. The first-order valence-electron chi connectivity index (χ1n) is 40.8. The van der Waals surface area contributed by atoms with E-state index in [2.05, 4.69) is 194 Å². The molecule has 0 unspecified atom stereocenters. The summed E-state index contributed by atoms with van der Waals surface area (Å²) in [7, 11) is 4.98. The molecule has 5 N–H and O–H groups in total. The summed E-state index contributed by atoms with van der Waals surface area (Å²) in [5.74, 6) is 1.69. The maximum absolute atomic E-state index is 10.8. The van der Waals surface area contributed by atoms with Crippen LogP contribution in [0.15, 0.2) is 174 Å². The number of rotatable bonds is 20. The van der Waals surface area contributed by atoms with Gasteiger partial charge < -0.3 is 30.8 Å². The number of nitriles is 6. The number of nitrogens with two attached hydrogens (primary N) is 2. The fourth-order valence-corrected chi connectivity index (χ4v) is 15.0. The van der Waals surface area contributed by atoms with Crippen LogP contribution in [-0.4, -0.2) is 59.0 Å². The van der Waals surface area contributed by atoms with Crippen LogP contribution in [0.5, 0.6) is 0 Å². The van der Waals surface area contributed by atoms with Crippen LogP contribution in [0, 0.1) is 98.3 Å². The Hall–Kier alpha value is -12.7. The van der Waals surface area contributed by atoms with Crippen LogP contribution in [0.1, 0.15) is 167 Å². The molecule has 0 bridgehead atoms. The Labute approximate surface area is 732 Å². The lowest BCUT2D eigenvalue weighted by molar-refractivity contribution is -0.385. The van der Waals surface area contributed by atoms with Crippen LogP contribution < -0.4 is 21.7 Å². The fourth-order valence-electron chi connectivity index (χ4n) is 13.7. The molecule has 4 aliphatic carbocycles. The van der Waals surface area contributed by atoms with Crippen molar-refractivity contribution >= 4 is 113 Å². The standard InChI is InChI=1S/C20H21N5.C19H19N5.C12H12N2O2.C12H14N2.C10H10N2O2.C8H8BrNO2.C8H10BrN.C5H11NSi/c1-4-14-9-15(20(12-21)7-8-20)5-6-17(14)25(3)19-10-18-16(11-22-19)23-13-24(18)2;1-3-13-8-14(19(11-20)6-7-19)4-5-15(13)23-18-9-17-16(10-21-18)22-12-24(17)2;1-2-9-7-10(12(8-13)5-6-12)3-4-11(9)14(15)16;1-2-9-7-10(3-4-11(9)14)12(8-13)5-6-12;1-2-9-7-8(5-6-11)3-4-10(9)12(13)14;1-2-6-5-7(9)3-4-8(6)10(11)12;1-2-6-5-7(9)3-4-8(6)10;1-7(2,3)5-4-6/h5-6,9-11,13H,4,7-8H2,1-3H3;4-5,8-10,12H,3,6-7H2,1-2H3,(H,21,23);3-4,7H,2,5-6H2,1H3;3-4,7H,2,5-6,14H2,1H3;3-4,7H,2,5H2,1H3;3-5H,2H2,1H3;3-5H,2,10H2,1H3;5H2,1-3H3. The number of anilines is 6. The van der Waals surface area contributed by atoms with Crippen LogP contribution in [0.25, 0.3) is 22.1 Å². The van der Waals surface area contributed by atoms with Gasteiger partial charge in [-0.2, -0.15) is 31.6 Å². The fraction of sp³-hybridized carbons (Fsp3) is 0.362. The molecular formula is C94H105Br2N19O6Si. The van der Waals surface area contributed by atoms with Gasteiger partial charge in [-0.3, -0.25) is 30.3 Å². The van der Waals surface area contributed by atoms with Crippen molar-refractivity contribution in [1.29, 1.82) is 31.6 Å². The molecule has 0 aliphatic heterocycles. The third-order valence-electron chi connectivity index (χ3n) is 22.1. The van der Waals surface area contributed by atoms with Crippen molar-refractivity contribution in [3.8, 4) is 36.4 Å². The number of halogens is 2. The van der Waals surface area contributed by atoms with Gasteiger partial charge in [0.25, 0.3) is 17.1 Å². The van der Waals surface area contributed by atoms with E-state index < -0.39 is 13.0 Å². The quantitative estimate of drug-likeness (QED) is 0.0276. The molecule has 25 nitrogen and oxygen atoms in total. The Kier molecular flexibility index (Phi) is 33.0. The number of nitro groups is 3. The van der Waals surface area contributed by atoms with Crippen LogP contribution in [0.2, 0.25) is 25.7 Å². The molecule has 28 heteroatoms. The second-order valence-electron chi connectivity index (χ2n) is 31.8. The van der Waals surface area contributed by atoms with E-state index in [0.29, 0.717) is 36.8 Å². The van der Waals surface area contributed by atoms with Crippen molar-refractivity contribution in [3.63, 3.8) is 0 Å². The first-order chi connectivity index (χ1) is 58.2. The highest BCUT2D eigenvalue weighted by atomic mass is 79.9. The number of nitro benzene ring substituents is 3. The molecule has 7 aromatic carbocycles. The average molecular weight is 1780 g/mol. The Morgan fingerprint density at radius 2 is 0.828 bits per heavy atom. The third-order valence-corrected chi connectivity index (χ3v) is 24.3. The minimum atomic E-state index is -1.02. The number of benzene rings is 7. The molecule has 0 atom stereocenters. The second kappa shape index (κ2) is 42.5. The van der Waals surface area contributed by atoms with Gasteiger partial charge in [0.05, 0.1) is 123 Å². The summed E-state index contributed by atoms with van der Waals surface area (Å²) in [6.45, 7) is 20.7. The van der Waals surface area contributed by atoms with Crippen molar-refractivity contribution < 1.29 is 14.8 Å². The summed E-state index contributed by atoms with van der Waals surface area (Å²) in [5.41, 5.74) is 30.9. The number of nitrogens with one attached hydrogen (secondary N) is 1. The van der Waals surface area contributed by atoms with Gasteiger partial charge in [0.15, 0.2) is 0 Å². The van der Waals surface area contributed by atoms with Gasteiger partial charge in [-0.25, -0.2) is 19.9 Å². The molecule has 4 fully saturated rings. The molecule has 4 saturated carbocycles. The molecular weight excluding hydrogens is 1680 g/mol. The molecule has 4 aromatic heterocycles. The zero-order valence-electron chi connectivity index (χ0n) is 71.6. The van der Waals surface area contributed by atoms with Gasteiger partial charge in [-0.15, -0.1) is 0 Å². The number of pyridine rings is 2. The second-order valence-corrected chi connectivity index (χ2v) is 39.1. The van der Waals surface area contributed by atoms with E-state index in [1.165, 1.54) is 34.9 Å². The highest BCUT2D eigenvalue weighted by Crippen LogP contribution is 2.51. The molecule has 0 amide bonds. The first kappa shape index (κ1) is 94.8. The summed E-state index contributed by atoms with van der Waals surface area (Å²) in [6, 6.07) is 58.2. The minimum absolute atomic E-state index is 0.134. The van der Waals surface area contributed by atoms with Crippen molar-refractivity contribution in [1.82, 2.24) is 29.1 Å². The summed E-state index contributed by atoms with van der Waals surface area (Å²) in [6.07, 6.45) is 20.8. The topological polar surface area (TPSA) is 401 Å². The smallest absolute Gasteiger partial charge is 0.272 e. The van der Waals surface area contributed by atoms with Gasteiger partial charge in [0.1, 0.15) is 22.7 Å². The third kappa shape index (κ3) is 24.3. The predicted octanol–water partition coefficient (Wildman–Crippen LogP) is 22.4. The minimum Gasteiger partial charge on any atom is -0.399 e. The molecule has 0 radical (unpaired) electrons. The molecule has 15 rings (SSSR count). The van der Waals surface area contributed by atoms with Crippen LogP contribution in [0.3, 0.4) is 0 Å². The van der Waals surface area contributed by atoms with Crippen LogP contribution in [-0.2, 0) is 87.1 Å². The van der Waals surface area contributed by atoms with Crippen molar-refractivity contribution in [2.24, 2.45) is 14.1 Å². The first-order valence-corrected chi connectivity index (χ1v) is 46.1. The number of hydrogen-bond acceptors (Lipinski definition) is 20. The van der Waals surface area contributed by atoms with Crippen molar-refractivity contribution in [3.05, 3.63) is 271 Å². The summed E-state index contributed by atoms with van der Waals surface area (Å²) in [4.78, 5) is 50.5. The monoisotopic (exact) mass is 1780 g/mol. The van der Waals surface area contributed by atoms with E-state index >= 15 is 0 Å². The molecule has 0 saturated heterocycles. The maximum Gasteiger partial charge on any atom is 0.272 e. The summed E-state index contributed by atoms with van der Waals surface area (Å²) < 4.78 is 5.96. The Balaban J connectivity index is 0.000000178. The number of hydrogen-bond donors (Lipinski definition) is 3. The normalized spacial score (nSPS) is 13.7. The number of nitrogen functional groups attached to an aromatic ring is 2. The molecule has 630 valence electrons. The molecule has 11 aromatic rings. The van der Waals surface area contributed by atoms with Crippen LogP contribution >= 0.6 is 31.9 Å². The average Bonchev–Trinajstić information content (AvgIpc) is 1.66. The number of aromatic nitrogens is 6. The van der Waals surface area contributed by atoms with Crippen molar-refractivity contribution in [2.75, 3.05) is 28.7 Å². The number of aryl methyl sites for hydroxylation is 9. The zero-order valence-corrected chi connectivity index (χ0v) is 75.8. The van der Waals surface area contributed by atoms with Gasteiger partial charge in [-0.1, -0.05) is 148 Å². The van der Waals surface area contributed by atoms with Gasteiger partial charge in [0, 0.05) is 106 Å². The van der Waals surface area contributed by atoms with Gasteiger partial charge in [-0.05, 0) is 207 Å². The number of imidazole rings is 2. The maximum atomic E-state index is 10.8. The molecule has 122 heavy (non-hydrogen) atoms. The lowest BCUT2D eigenvalue weighted by Crippen LogP contribution is -2.17. The van der Waals surface area contributed by atoms with E-state index in [1.807, 2.05) is 99.7 Å². The molecule has 4 heterocycles. The van der Waals surface area contributed by atoms with E-state index in [0.717, 1.165) is 187 Å². The van der Waals surface area contributed by atoms with Gasteiger partial charge >= 0.3 is 0 Å².